The van der Waals surface area contributed by atoms with Crippen LogP contribution in [0.3, 0.4) is 0 Å². The summed E-state index contributed by atoms with van der Waals surface area (Å²) < 4.78 is 3.07. The van der Waals surface area contributed by atoms with Gasteiger partial charge in [0.2, 0.25) is 4.77 Å². The summed E-state index contributed by atoms with van der Waals surface area (Å²) in [5, 5.41) is 11.6. The maximum Gasteiger partial charge on any atom is 0.216 e. The minimum Gasteiger partial charge on any atom is -0.250 e. The van der Waals surface area contributed by atoms with Crippen LogP contribution in [0.2, 0.25) is 0 Å². The first-order valence-electron chi connectivity index (χ1n) is 7.09. The summed E-state index contributed by atoms with van der Waals surface area (Å²) in [5.74, 6) is 0.678. The van der Waals surface area contributed by atoms with Crippen LogP contribution in [0.4, 0.5) is 0 Å². The molecule has 0 saturated heterocycles. The molecule has 0 radical (unpaired) electrons. The molecule has 1 N–H and O–H groups in total. The largest absolute Gasteiger partial charge is 0.250 e. The average molecular weight is 387 g/mol. The molecule has 3 rings (SSSR count). The molecule has 3 aromatic rings. The highest BCUT2D eigenvalue weighted by atomic mass is 79.9. The van der Waals surface area contributed by atoms with Crippen molar-refractivity contribution in [2.24, 2.45) is 5.10 Å². The number of benzene rings is 2. The van der Waals surface area contributed by atoms with E-state index in [1.807, 2.05) is 30.5 Å². The molecule has 0 aliphatic carbocycles. The molecule has 4 nitrogen and oxygen atoms in total. The van der Waals surface area contributed by atoms with Crippen molar-refractivity contribution >= 4 is 34.4 Å². The van der Waals surface area contributed by atoms with E-state index in [1.54, 1.807) is 4.68 Å². The van der Waals surface area contributed by atoms with Crippen molar-refractivity contribution in [1.82, 2.24) is 14.9 Å². The molecule has 2 aromatic carbocycles. The molecule has 6 heteroatoms. The van der Waals surface area contributed by atoms with Gasteiger partial charge in [0.15, 0.2) is 5.82 Å². The van der Waals surface area contributed by atoms with Gasteiger partial charge in [-0.1, -0.05) is 51.8 Å². The van der Waals surface area contributed by atoms with Gasteiger partial charge in [-0.2, -0.15) is 14.9 Å². The van der Waals surface area contributed by atoms with E-state index in [1.165, 1.54) is 11.1 Å². The van der Waals surface area contributed by atoms with Gasteiger partial charge in [-0.05, 0) is 49.3 Å². The summed E-state index contributed by atoms with van der Waals surface area (Å²) in [6, 6.07) is 14.1. The monoisotopic (exact) mass is 386 g/mol. The van der Waals surface area contributed by atoms with Crippen LogP contribution >= 0.6 is 28.1 Å². The fourth-order valence-corrected chi connectivity index (χ4v) is 2.88. The third-order valence-electron chi connectivity index (χ3n) is 3.47. The predicted octanol–water partition coefficient (Wildman–Crippen LogP) is 4.87. The molecule has 0 aliphatic heterocycles. The second-order valence-corrected chi connectivity index (χ2v) is 6.58. The lowest BCUT2D eigenvalue weighted by atomic mass is 10.1. The fraction of sp³-hybridized carbons (Fsp3) is 0.118. The minimum absolute atomic E-state index is 0.459. The molecule has 116 valence electrons. The standard InChI is InChI=1S/C17H15BrN4S/c1-11-6-7-14(12(2)8-11)10-19-22-16(20-21-17(22)23)13-4-3-5-15(18)9-13/h3-10H,1-2H3,(H,21,23)/b19-10-. The zero-order valence-corrected chi connectivity index (χ0v) is 15.1. The molecule has 0 aliphatic rings. The Morgan fingerprint density at radius 1 is 1.22 bits per heavy atom. The van der Waals surface area contributed by atoms with Gasteiger partial charge in [0.25, 0.3) is 0 Å². The first-order chi connectivity index (χ1) is 11.0. The molecular formula is C17H15BrN4S. The number of aromatic nitrogens is 3. The Morgan fingerprint density at radius 2 is 2.04 bits per heavy atom. The number of nitrogens with zero attached hydrogens (tertiary/aromatic N) is 3. The first-order valence-corrected chi connectivity index (χ1v) is 8.30. The topological polar surface area (TPSA) is 46.0 Å². The Hall–Kier alpha value is -2.05. The lowest BCUT2D eigenvalue weighted by Gasteiger charge is -2.03. The quantitative estimate of drug-likeness (QED) is 0.515. The van der Waals surface area contributed by atoms with E-state index in [0.717, 1.165) is 15.6 Å². The number of H-pyrrole nitrogens is 1. The van der Waals surface area contributed by atoms with Gasteiger partial charge in [-0.25, -0.2) is 5.10 Å². The number of aromatic amines is 1. The normalized spacial score (nSPS) is 11.3. The van der Waals surface area contributed by atoms with Gasteiger partial charge in [0.1, 0.15) is 0 Å². The summed E-state index contributed by atoms with van der Waals surface area (Å²) in [7, 11) is 0. The number of aryl methyl sites for hydroxylation is 2. The lowest BCUT2D eigenvalue weighted by molar-refractivity contribution is 0.871. The molecule has 0 spiro atoms. The molecular weight excluding hydrogens is 372 g/mol. The SMILES string of the molecule is Cc1ccc(/C=N\n2c(-c3cccc(Br)c3)n[nH]c2=S)c(C)c1. The Bertz CT molecular complexity index is 940. The van der Waals surface area contributed by atoms with Crippen LogP contribution < -0.4 is 0 Å². The summed E-state index contributed by atoms with van der Waals surface area (Å²) in [4.78, 5) is 0. The maximum absolute atomic E-state index is 5.29. The van der Waals surface area contributed by atoms with Crippen LogP contribution in [0, 0.1) is 18.6 Å². The number of hydrogen-bond donors (Lipinski definition) is 1. The summed E-state index contributed by atoms with van der Waals surface area (Å²) >= 11 is 8.77. The van der Waals surface area contributed by atoms with Crippen LogP contribution in [0.1, 0.15) is 16.7 Å². The number of halogens is 1. The minimum atomic E-state index is 0.459. The molecule has 0 atom stereocenters. The van der Waals surface area contributed by atoms with Gasteiger partial charge in [-0.3, -0.25) is 0 Å². The Kier molecular flexibility index (Phi) is 4.54. The summed E-state index contributed by atoms with van der Waals surface area (Å²) in [6.45, 7) is 4.14. The van der Waals surface area contributed by atoms with Crippen molar-refractivity contribution in [2.45, 2.75) is 13.8 Å². The predicted molar refractivity (Wildman–Crippen MR) is 99.5 cm³/mol. The van der Waals surface area contributed by atoms with Crippen LogP contribution in [-0.4, -0.2) is 21.1 Å². The molecule has 0 unspecified atom stereocenters. The number of nitrogens with one attached hydrogen (secondary N) is 1. The van der Waals surface area contributed by atoms with E-state index >= 15 is 0 Å². The summed E-state index contributed by atoms with van der Waals surface area (Å²) in [6.07, 6.45) is 1.81. The smallest absolute Gasteiger partial charge is 0.216 e. The maximum atomic E-state index is 5.29. The molecule has 0 fully saturated rings. The van der Waals surface area contributed by atoms with Gasteiger partial charge in [-0.15, -0.1) is 0 Å². The van der Waals surface area contributed by atoms with Gasteiger partial charge < -0.3 is 0 Å². The van der Waals surface area contributed by atoms with Crippen molar-refractivity contribution in [3.05, 3.63) is 68.4 Å². The third-order valence-corrected chi connectivity index (χ3v) is 4.23. The zero-order chi connectivity index (χ0) is 16.4. The van der Waals surface area contributed by atoms with Crippen LogP contribution in [0.25, 0.3) is 11.4 Å². The highest BCUT2D eigenvalue weighted by molar-refractivity contribution is 9.10. The van der Waals surface area contributed by atoms with Gasteiger partial charge in [0, 0.05) is 10.0 Å². The van der Waals surface area contributed by atoms with Crippen molar-refractivity contribution < 1.29 is 0 Å². The Morgan fingerprint density at radius 3 is 2.78 bits per heavy atom. The van der Waals surface area contributed by atoms with Crippen molar-refractivity contribution in [3.63, 3.8) is 0 Å². The molecule has 1 aromatic heterocycles. The Labute approximate surface area is 148 Å². The molecule has 0 bridgehead atoms. The molecule has 0 amide bonds. The molecule has 23 heavy (non-hydrogen) atoms. The second-order valence-electron chi connectivity index (χ2n) is 5.28. The second kappa shape index (κ2) is 6.60. The van der Waals surface area contributed by atoms with Crippen LogP contribution in [0.5, 0.6) is 0 Å². The van der Waals surface area contributed by atoms with E-state index in [2.05, 4.69) is 63.3 Å². The van der Waals surface area contributed by atoms with Crippen molar-refractivity contribution in [1.29, 1.82) is 0 Å². The Balaban J connectivity index is 2.02. The lowest BCUT2D eigenvalue weighted by Crippen LogP contribution is -1.96. The molecule has 1 heterocycles. The van der Waals surface area contributed by atoms with Crippen molar-refractivity contribution in [3.8, 4) is 11.4 Å². The van der Waals surface area contributed by atoms with Gasteiger partial charge in [0.05, 0.1) is 6.21 Å². The van der Waals surface area contributed by atoms with E-state index < -0.39 is 0 Å². The van der Waals surface area contributed by atoms with Crippen LogP contribution in [0.15, 0.2) is 52.0 Å². The van der Waals surface area contributed by atoms with E-state index in [0.29, 0.717) is 10.6 Å². The van der Waals surface area contributed by atoms with E-state index in [4.69, 9.17) is 12.2 Å². The molecule has 0 saturated carbocycles. The van der Waals surface area contributed by atoms with Crippen LogP contribution in [-0.2, 0) is 0 Å². The summed E-state index contributed by atoms with van der Waals surface area (Å²) in [5.41, 5.74) is 4.39. The zero-order valence-electron chi connectivity index (χ0n) is 12.7. The van der Waals surface area contributed by atoms with Crippen molar-refractivity contribution in [2.75, 3.05) is 0 Å². The highest BCUT2D eigenvalue weighted by Crippen LogP contribution is 2.21. The third kappa shape index (κ3) is 3.48. The van der Waals surface area contributed by atoms with E-state index in [-0.39, 0.29) is 0 Å². The van der Waals surface area contributed by atoms with Gasteiger partial charge >= 0.3 is 0 Å². The highest BCUT2D eigenvalue weighted by Gasteiger charge is 2.08. The number of rotatable bonds is 3. The van der Waals surface area contributed by atoms with E-state index in [9.17, 15) is 0 Å². The average Bonchev–Trinajstić information content (AvgIpc) is 2.87. The fourth-order valence-electron chi connectivity index (χ4n) is 2.30. The first kappa shape index (κ1) is 15.8. The number of hydrogen-bond acceptors (Lipinski definition) is 3.